The number of ether oxygens (including phenoxy) is 2. The van der Waals surface area contributed by atoms with Crippen LogP contribution < -0.4 is 14.8 Å². The van der Waals surface area contributed by atoms with Crippen LogP contribution in [0.15, 0.2) is 59.3 Å². The Morgan fingerprint density at radius 3 is 2.50 bits per heavy atom. The van der Waals surface area contributed by atoms with E-state index in [1.54, 1.807) is 26.5 Å². The zero-order valence-electron chi connectivity index (χ0n) is 19.5. The average Bonchev–Trinajstić information content (AvgIpc) is 3.36. The van der Waals surface area contributed by atoms with Crippen LogP contribution in [-0.4, -0.2) is 39.7 Å². The lowest BCUT2D eigenvalue weighted by atomic mass is 10.1. The number of rotatable bonds is 8. The van der Waals surface area contributed by atoms with Gasteiger partial charge in [-0.05, 0) is 65.2 Å². The molecule has 1 N–H and O–H groups in total. The smallest absolute Gasteiger partial charge is 0.255 e. The number of benzene rings is 2. The first kappa shape index (κ1) is 23.6. The van der Waals surface area contributed by atoms with Gasteiger partial charge in [-0.2, -0.15) is 10.2 Å². The topological polar surface area (TPSA) is 83.2 Å². The number of aryl methyl sites for hydroxylation is 1. The van der Waals surface area contributed by atoms with E-state index in [2.05, 4.69) is 31.4 Å². The van der Waals surface area contributed by atoms with Crippen molar-refractivity contribution in [1.29, 1.82) is 0 Å². The first-order valence-electron chi connectivity index (χ1n) is 10.7. The van der Waals surface area contributed by atoms with Gasteiger partial charge in [-0.1, -0.05) is 18.2 Å². The second-order valence-electron chi connectivity index (χ2n) is 7.90. The highest BCUT2D eigenvalue weighted by Crippen LogP contribution is 2.29. The molecule has 0 bridgehead atoms. The Morgan fingerprint density at radius 2 is 1.79 bits per heavy atom. The molecule has 4 rings (SSSR count). The number of amides is 1. The van der Waals surface area contributed by atoms with Crippen molar-refractivity contribution in [3.05, 3.63) is 87.4 Å². The van der Waals surface area contributed by atoms with E-state index < -0.39 is 0 Å². The number of hydrogen-bond donors (Lipinski definition) is 1. The third-order valence-electron chi connectivity index (χ3n) is 5.54. The number of anilines is 1. The van der Waals surface area contributed by atoms with E-state index in [-0.39, 0.29) is 5.91 Å². The number of carbonyl (C=O) groups excluding carboxylic acids is 1. The summed E-state index contributed by atoms with van der Waals surface area (Å²) < 4.78 is 15.3. The molecule has 1 amide bonds. The molecule has 0 radical (unpaired) electrons. The second-order valence-corrected chi connectivity index (χ2v) is 8.82. The van der Waals surface area contributed by atoms with Crippen LogP contribution in [0.25, 0.3) is 0 Å². The van der Waals surface area contributed by atoms with Gasteiger partial charge in [0, 0.05) is 11.8 Å². The van der Waals surface area contributed by atoms with Gasteiger partial charge in [0.25, 0.3) is 5.91 Å². The van der Waals surface area contributed by atoms with Gasteiger partial charge in [-0.25, -0.2) is 0 Å². The summed E-state index contributed by atoms with van der Waals surface area (Å²) in [6.07, 6.45) is 3.63. The first-order chi connectivity index (χ1) is 16.4. The summed E-state index contributed by atoms with van der Waals surface area (Å²) in [6.45, 7) is 4.95. The number of hydrogen-bond acceptors (Lipinski definition) is 5. The summed E-state index contributed by atoms with van der Waals surface area (Å²) in [5, 5.41) is 12.0. The van der Waals surface area contributed by atoms with Crippen LogP contribution >= 0.6 is 15.9 Å². The average molecular weight is 524 g/mol. The molecule has 0 aliphatic rings. The highest BCUT2D eigenvalue weighted by molar-refractivity contribution is 9.10. The minimum absolute atomic E-state index is 0.180. The molecule has 0 saturated heterocycles. The molecular formula is C25H26BrN5O3. The summed E-state index contributed by atoms with van der Waals surface area (Å²) >= 11 is 3.40. The van der Waals surface area contributed by atoms with Gasteiger partial charge >= 0.3 is 0 Å². The van der Waals surface area contributed by atoms with Crippen molar-refractivity contribution in [3.63, 3.8) is 0 Å². The van der Waals surface area contributed by atoms with E-state index in [4.69, 9.17) is 9.47 Å². The molecule has 0 spiro atoms. The van der Waals surface area contributed by atoms with Gasteiger partial charge in [0.15, 0.2) is 11.5 Å². The molecule has 0 fully saturated rings. The highest BCUT2D eigenvalue weighted by atomic mass is 79.9. The predicted octanol–water partition coefficient (Wildman–Crippen LogP) is 4.83. The van der Waals surface area contributed by atoms with E-state index in [1.165, 1.54) is 0 Å². The van der Waals surface area contributed by atoms with Crippen molar-refractivity contribution in [2.24, 2.45) is 0 Å². The Kier molecular flexibility index (Phi) is 7.02. The fraction of sp³-hybridized carbons (Fsp3) is 0.240. The minimum atomic E-state index is -0.180. The van der Waals surface area contributed by atoms with Crippen molar-refractivity contribution in [3.8, 4) is 11.5 Å². The molecule has 2 heterocycles. The fourth-order valence-electron chi connectivity index (χ4n) is 3.79. The molecule has 176 valence electrons. The predicted molar refractivity (Wildman–Crippen MR) is 134 cm³/mol. The van der Waals surface area contributed by atoms with Crippen LogP contribution in [-0.2, 0) is 13.1 Å². The molecule has 0 atom stereocenters. The van der Waals surface area contributed by atoms with Crippen molar-refractivity contribution < 1.29 is 14.3 Å². The zero-order chi connectivity index (χ0) is 24.2. The number of aromatic nitrogens is 4. The fourth-order valence-corrected chi connectivity index (χ4v) is 4.12. The van der Waals surface area contributed by atoms with Gasteiger partial charge in [0.2, 0.25) is 0 Å². The summed E-state index contributed by atoms with van der Waals surface area (Å²) in [5.74, 6) is 1.16. The van der Waals surface area contributed by atoms with Gasteiger partial charge < -0.3 is 14.8 Å². The van der Waals surface area contributed by atoms with E-state index in [0.717, 1.165) is 27.0 Å². The maximum absolute atomic E-state index is 13.0. The molecule has 2 aromatic heterocycles. The van der Waals surface area contributed by atoms with Gasteiger partial charge in [-0.3, -0.25) is 14.2 Å². The van der Waals surface area contributed by atoms with Crippen molar-refractivity contribution in [1.82, 2.24) is 19.6 Å². The Labute approximate surface area is 206 Å². The SMILES string of the molecule is COc1ccc(Cn2nc(C)c(NC(=O)c3cccc(Cn4cc(Br)cn4)c3)c2C)cc1OC. The third kappa shape index (κ3) is 5.14. The van der Waals surface area contributed by atoms with Crippen LogP contribution in [0.5, 0.6) is 11.5 Å². The Bertz CT molecular complexity index is 1330. The number of nitrogens with zero attached hydrogens (tertiary/aromatic N) is 4. The molecule has 0 saturated carbocycles. The number of halogens is 1. The number of methoxy groups -OCH3 is 2. The number of carbonyl (C=O) groups is 1. The summed E-state index contributed by atoms with van der Waals surface area (Å²) in [5.41, 5.74) is 4.92. The van der Waals surface area contributed by atoms with E-state index in [9.17, 15) is 4.79 Å². The van der Waals surface area contributed by atoms with Gasteiger partial charge in [-0.15, -0.1) is 0 Å². The van der Waals surface area contributed by atoms with E-state index in [0.29, 0.717) is 35.8 Å². The van der Waals surface area contributed by atoms with Crippen molar-refractivity contribution >= 4 is 27.5 Å². The monoisotopic (exact) mass is 523 g/mol. The lowest BCUT2D eigenvalue weighted by molar-refractivity contribution is 0.102. The maximum Gasteiger partial charge on any atom is 0.255 e. The summed E-state index contributed by atoms with van der Waals surface area (Å²) in [4.78, 5) is 13.0. The summed E-state index contributed by atoms with van der Waals surface area (Å²) in [7, 11) is 3.22. The standard InChI is InChI=1S/C25H26BrN5O3/c1-16-24(17(2)31(29-16)14-19-8-9-22(33-3)23(11-19)34-4)28-25(32)20-7-5-6-18(10-20)13-30-15-21(26)12-27-30/h5-12,15H,13-14H2,1-4H3,(H,28,32). The minimum Gasteiger partial charge on any atom is -0.493 e. The molecule has 0 unspecified atom stereocenters. The van der Waals surface area contributed by atoms with Crippen LogP contribution in [0, 0.1) is 13.8 Å². The van der Waals surface area contributed by atoms with E-state index in [1.807, 2.05) is 65.8 Å². The molecular weight excluding hydrogens is 498 g/mol. The maximum atomic E-state index is 13.0. The number of nitrogens with one attached hydrogen (secondary N) is 1. The Hall–Kier alpha value is -3.59. The largest absolute Gasteiger partial charge is 0.493 e. The third-order valence-corrected chi connectivity index (χ3v) is 5.95. The second kappa shape index (κ2) is 10.1. The molecule has 0 aliphatic heterocycles. The molecule has 34 heavy (non-hydrogen) atoms. The zero-order valence-corrected chi connectivity index (χ0v) is 21.1. The Balaban J connectivity index is 1.50. The van der Waals surface area contributed by atoms with Crippen LogP contribution in [0.3, 0.4) is 0 Å². The molecule has 8 nitrogen and oxygen atoms in total. The van der Waals surface area contributed by atoms with Crippen LogP contribution in [0.2, 0.25) is 0 Å². The van der Waals surface area contributed by atoms with Gasteiger partial charge in [0.1, 0.15) is 0 Å². The molecule has 9 heteroatoms. The molecule has 0 aliphatic carbocycles. The normalized spacial score (nSPS) is 10.9. The van der Waals surface area contributed by atoms with Crippen LogP contribution in [0.1, 0.15) is 32.9 Å². The quantitative estimate of drug-likeness (QED) is 0.357. The van der Waals surface area contributed by atoms with Crippen LogP contribution in [0.4, 0.5) is 5.69 Å². The molecule has 4 aromatic rings. The van der Waals surface area contributed by atoms with E-state index >= 15 is 0 Å². The first-order valence-corrected chi connectivity index (χ1v) is 11.5. The Morgan fingerprint density at radius 1 is 1.03 bits per heavy atom. The highest BCUT2D eigenvalue weighted by Gasteiger charge is 2.16. The molecule has 2 aromatic carbocycles. The van der Waals surface area contributed by atoms with Crippen molar-refractivity contribution in [2.75, 3.05) is 19.5 Å². The lowest BCUT2D eigenvalue weighted by Crippen LogP contribution is -2.14. The van der Waals surface area contributed by atoms with Crippen molar-refractivity contribution in [2.45, 2.75) is 26.9 Å². The summed E-state index contributed by atoms with van der Waals surface area (Å²) in [6, 6.07) is 13.3. The lowest BCUT2D eigenvalue weighted by Gasteiger charge is -2.11. The van der Waals surface area contributed by atoms with Gasteiger partial charge in [0.05, 0.1) is 55.1 Å².